The monoisotopic (exact) mass is 545 g/mol. The Morgan fingerprint density at radius 2 is 1.77 bits per heavy atom. The minimum atomic E-state index is -0.898. The molecule has 0 bridgehead atoms. The summed E-state index contributed by atoms with van der Waals surface area (Å²) in [6.07, 6.45) is 0.612. The van der Waals surface area contributed by atoms with Crippen LogP contribution in [-0.2, 0) is 4.74 Å². The summed E-state index contributed by atoms with van der Waals surface area (Å²) in [6, 6.07) is 8.72. The number of ether oxygens (including phenoxy) is 3. The molecule has 3 rings (SSSR count). The Hall–Kier alpha value is -3.40. The van der Waals surface area contributed by atoms with Crippen molar-refractivity contribution in [3.63, 3.8) is 0 Å². The third-order valence-electron chi connectivity index (χ3n) is 5.14. The first kappa shape index (κ1) is 26.2. The average molecular weight is 546 g/mol. The second kappa shape index (κ2) is 10.5. The van der Waals surface area contributed by atoms with Crippen LogP contribution in [0.2, 0.25) is 0 Å². The summed E-state index contributed by atoms with van der Waals surface area (Å²) in [5.74, 6) is 0.987. The van der Waals surface area contributed by atoms with E-state index in [-0.39, 0.29) is 12.0 Å². The van der Waals surface area contributed by atoms with Crippen LogP contribution in [0.25, 0.3) is 5.69 Å². The number of hydrogen-bond acceptors (Lipinski definition) is 7. The lowest BCUT2D eigenvalue weighted by molar-refractivity contribution is 0.0453. The summed E-state index contributed by atoms with van der Waals surface area (Å²) in [5, 5.41) is 4.01. The van der Waals surface area contributed by atoms with Crippen molar-refractivity contribution in [1.29, 1.82) is 0 Å². The predicted molar refractivity (Wildman–Crippen MR) is 135 cm³/mol. The van der Waals surface area contributed by atoms with E-state index in [4.69, 9.17) is 14.2 Å². The van der Waals surface area contributed by atoms with Crippen molar-refractivity contribution in [2.24, 2.45) is 5.41 Å². The smallest absolute Gasteiger partial charge is 0.364 e. The van der Waals surface area contributed by atoms with Gasteiger partial charge in [-0.05, 0) is 83.1 Å². The Kier molecular flexibility index (Phi) is 7.84. The molecule has 0 radical (unpaired) electrons. The van der Waals surface area contributed by atoms with Crippen molar-refractivity contribution in [1.82, 2.24) is 14.8 Å². The van der Waals surface area contributed by atoms with Gasteiger partial charge >= 0.3 is 11.7 Å². The van der Waals surface area contributed by atoms with E-state index in [0.717, 1.165) is 20.3 Å². The van der Waals surface area contributed by atoms with E-state index in [1.807, 2.05) is 34.6 Å². The number of benzene rings is 2. The van der Waals surface area contributed by atoms with E-state index in [2.05, 4.69) is 26.0 Å². The molecule has 0 atom stereocenters. The molecule has 0 saturated heterocycles. The Balaban J connectivity index is 1.92. The van der Waals surface area contributed by atoms with E-state index < -0.39 is 22.9 Å². The largest absolute Gasteiger partial charge is 0.496 e. The molecule has 0 spiro atoms. The number of nitrogens with zero attached hydrogens (tertiary/aromatic N) is 2. The highest BCUT2D eigenvalue weighted by atomic mass is 79.9. The number of rotatable bonds is 7. The fourth-order valence-corrected chi connectivity index (χ4v) is 3.79. The van der Waals surface area contributed by atoms with Crippen LogP contribution in [0.1, 0.15) is 48.8 Å². The molecule has 0 aliphatic heterocycles. The number of halogens is 1. The van der Waals surface area contributed by atoms with Gasteiger partial charge in [0.2, 0.25) is 5.69 Å². The zero-order chi connectivity index (χ0) is 25.9. The molecule has 1 aromatic heterocycles. The highest BCUT2D eigenvalue weighted by Gasteiger charge is 2.20. The zero-order valence-corrected chi connectivity index (χ0v) is 22.1. The summed E-state index contributed by atoms with van der Waals surface area (Å²) in [6.45, 7) is 9.81. The number of esters is 1. The van der Waals surface area contributed by atoms with E-state index >= 15 is 0 Å². The van der Waals surface area contributed by atoms with Gasteiger partial charge in [-0.15, -0.1) is 0 Å². The van der Waals surface area contributed by atoms with Crippen LogP contribution in [0.3, 0.4) is 0 Å². The Morgan fingerprint density at radius 3 is 2.34 bits per heavy atom. The van der Waals surface area contributed by atoms with E-state index in [1.54, 1.807) is 37.4 Å². The van der Waals surface area contributed by atoms with Gasteiger partial charge in [0.25, 0.3) is 5.56 Å². The van der Waals surface area contributed by atoms with Crippen molar-refractivity contribution in [3.05, 3.63) is 72.5 Å². The quantitative estimate of drug-likeness (QED) is 0.428. The first-order chi connectivity index (χ1) is 16.4. The van der Waals surface area contributed by atoms with Crippen LogP contribution >= 0.6 is 15.9 Å². The van der Waals surface area contributed by atoms with Crippen LogP contribution in [0.15, 0.2) is 44.4 Å². The van der Waals surface area contributed by atoms with Gasteiger partial charge in [0.15, 0.2) is 0 Å². The molecule has 9 nitrogen and oxygen atoms in total. The molecule has 1 N–H and O–H groups in total. The first-order valence-electron chi connectivity index (χ1n) is 10.9. The molecule has 35 heavy (non-hydrogen) atoms. The van der Waals surface area contributed by atoms with Gasteiger partial charge in [0.1, 0.15) is 17.2 Å². The Morgan fingerprint density at radius 1 is 1.11 bits per heavy atom. The Bertz CT molecular complexity index is 1350. The second-order valence-corrected chi connectivity index (χ2v) is 10.1. The molecule has 0 unspecified atom stereocenters. The molecular weight excluding hydrogens is 518 g/mol. The van der Waals surface area contributed by atoms with Crippen molar-refractivity contribution >= 4 is 21.9 Å². The predicted octanol–water partition coefficient (Wildman–Crippen LogP) is 4.69. The van der Waals surface area contributed by atoms with Crippen LogP contribution in [0.4, 0.5) is 0 Å². The second-order valence-electron chi connectivity index (χ2n) is 9.27. The lowest BCUT2D eigenvalue weighted by Gasteiger charge is -2.17. The fourth-order valence-electron chi connectivity index (χ4n) is 3.27. The summed E-state index contributed by atoms with van der Waals surface area (Å²) in [5.41, 5.74) is -0.384. The van der Waals surface area contributed by atoms with Crippen LogP contribution in [-0.4, -0.2) is 34.5 Å². The molecule has 0 saturated carbocycles. The summed E-state index contributed by atoms with van der Waals surface area (Å²) in [7, 11) is 1.58. The van der Waals surface area contributed by atoms with Crippen LogP contribution in [0, 0.1) is 19.3 Å². The third-order valence-corrected chi connectivity index (χ3v) is 5.76. The van der Waals surface area contributed by atoms with Gasteiger partial charge in [0, 0.05) is 0 Å². The summed E-state index contributed by atoms with van der Waals surface area (Å²) in [4.78, 5) is 39.3. The highest BCUT2D eigenvalue weighted by Crippen LogP contribution is 2.34. The topological polar surface area (TPSA) is 113 Å². The molecule has 0 aliphatic carbocycles. The van der Waals surface area contributed by atoms with Crippen LogP contribution in [0.5, 0.6) is 17.2 Å². The molecule has 0 amide bonds. The van der Waals surface area contributed by atoms with Crippen molar-refractivity contribution in [2.75, 3.05) is 13.7 Å². The fraction of sp³-hybridized carbons (Fsp3) is 0.360. The van der Waals surface area contributed by atoms with E-state index in [0.29, 0.717) is 29.4 Å². The zero-order valence-electron chi connectivity index (χ0n) is 20.5. The lowest BCUT2D eigenvalue weighted by Crippen LogP contribution is -2.36. The lowest BCUT2D eigenvalue weighted by atomic mass is 9.93. The molecule has 2 aromatic carbocycles. The van der Waals surface area contributed by atoms with Gasteiger partial charge in [-0.3, -0.25) is 9.78 Å². The normalized spacial score (nSPS) is 11.3. The van der Waals surface area contributed by atoms with E-state index in [9.17, 15) is 14.4 Å². The maximum atomic E-state index is 12.5. The number of hydrogen-bond donors (Lipinski definition) is 1. The van der Waals surface area contributed by atoms with Gasteiger partial charge in [0.05, 0.1) is 23.9 Å². The van der Waals surface area contributed by atoms with Gasteiger partial charge in [-0.25, -0.2) is 9.59 Å². The number of methoxy groups -OCH3 is 1. The molecule has 0 fully saturated rings. The maximum Gasteiger partial charge on any atom is 0.364 e. The van der Waals surface area contributed by atoms with Gasteiger partial charge in [-0.1, -0.05) is 20.8 Å². The standard InChI is InChI=1S/C25H28BrN3O6/c1-14-11-16(12-15(2)21(14)35-17-7-8-19(33-6)18(26)13-17)29-24(32)27-22(30)20(28-29)23(31)34-10-9-25(3,4)5/h7-8,11-13H,9-10H2,1-6H3,(H,27,30,32). The highest BCUT2D eigenvalue weighted by molar-refractivity contribution is 9.10. The molecule has 0 aliphatic rings. The number of aromatic nitrogens is 3. The molecule has 3 aromatic rings. The average Bonchev–Trinajstić information content (AvgIpc) is 2.75. The summed E-state index contributed by atoms with van der Waals surface area (Å²) < 4.78 is 18.2. The van der Waals surface area contributed by atoms with Crippen molar-refractivity contribution < 1.29 is 19.0 Å². The molecule has 186 valence electrons. The number of carbonyl (C=O) groups is 1. The van der Waals surface area contributed by atoms with Crippen molar-refractivity contribution in [3.8, 4) is 22.9 Å². The van der Waals surface area contributed by atoms with Gasteiger partial charge < -0.3 is 14.2 Å². The molecule has 1 heterocycles. The number of aryl methyl sites for hydroxylation is 2. The SMILES string of the molecule is COc1ccc(Oc2c(C)cc(-n3nc(C(=O)OCCC(C)(C)C)c(=O)[nH]c3=O)cc2C)cc1Br. The molecular formula is C25H28BrN3O6. The van der Waals surface area contributed by atoms with Crippen molar-refractivity contribution in [2.45, 2.75) is 41.0 Å². The minimum Gasteiger partial charge on any atom is -0.496 e. The number of H-pyrrole nitrogens is 1. The molecule has 10 heteroatoms. The minimum absolute atomic E-state index is 0.0420. The van der Waals surface area contributed by atoms with Crippen LogP contribution < -0.4 is 20.7 Å². The Labute approximate surface area is 211 Å². The third kappa shape index (κ3) is 6.39. The van der Waals surface area contributed by atoms with E-state index in [1.165, 1.54) is 0 Å². The van der Waals surface area contributed by atoms with Gasteiger partial charge in [-0.2, -0.15) is 9.78 Å². The first-order valence-corrected chi connectivity index (χ1v) is 11.7. The summed E-state index contributed by atoms with van der Waals surface area (Å²) >= 11 is 3.44. The maximum absolute atomic E-state index is 12.5. The number of nitrogens with one attached hydrogen (secondary N) is 1. The number of carbonyl (C=O) groups excluding carboxylic acids is 1. The number of aromatic amines is 1.